The van der Waals surface area contributed by atoms with Gasteiger partial charge in [-0.05, 0) is 25.0 Å². The second-order valence-corrected chi connectivity index (χ2v) is 7.84. The Hall–Kier alpha value is -0.320. The molecule has 0 amide bonds. The van der Waals surface area contributed by atoms with Crippen molar-refractivity contribution in [2.24, 2.45) is 5.73 Å². The van der Waals surface area contributed by atoms with Crippen LogP contribution in [0.3, 0.4) is 0 Å². The van der Waals surface area contributed by atoms with E-state index in [2.05, 4.69) is 32.9 Å². The molecule has 1 aromatic rings. The number of hydrogen-bond acceptors (Lipinski definition) is 4. The van der Waals surface area contributed by atoms with Crippen LogP contribution in [-0.2, 0) is 0 Å². The fraction of sp³-hybridized carbons (Fsp3) is 0.600. The standard InChI is InChI=1S/C15H23NOS2/c1-9-5-6-12(14(17-4)10(9)2)13(16)15-11(3)18-7-8-19-15/h5-6,11,13,15H,7-8,16H2,1-4H3. The molecule has 3 unspecified atom stereocenters. The van der Waals surface area contributed by atoms with Gasteiger partial charge >= 0.3 is 0 Å². The Bertz CT molecular complexity index is 450. The Kier molecular flexibility index (Phi) is 5.09. The highest BCUT2D eigenvalue weighted by molar-refractivity contribution is 8.07. The van der Waals surface area contributed by atoms with E-state index in [1.54, 1.807) is 7.11 Å². The first kappa shape index (κ1) is 15.1. The van der Waals surface area contributed by atoms with Gasteiger partial charge in [0.2, 0.25) is 0 Å². The van der Waals surface area contributed by atoms with Gasteiger partial charge in [-0.15, -0.1) is 0 Å². The molecule has 1 aliphatic heterocycles. The van der Waals surface area contributed by atoms with E-state index in [4.69, 9.17) is 10.5 Å². The molecule has 4 heteroatoms. The van der Waals surface area contributed by atoms with Crippen molar-refractivity contribution in [1.82, 2.24) is 0 Å². The van der Waals surface area contributed by atoms with E-state index in [0.29, 0.717) is 10.5 Å². The number of benzene rings is 1. The highest BCUT2D eigenvalue weighted by Crippen LogP contribution is 2.40. The van der Waals surface area contributed by atoms with E-state index in [0.717, 1.165) is 11.3 Å². The average molecular weight is 297 g/mol. The maximum absolute atomic E-state index is 6.54. The van der Waals surface area contributed by atoms with Crippen molar-refractivity contribution in [2.45, 2.75) is 37.3 Å². The molecule has 1 aliphatic rings. The molecule has 2 N–H and O–H groups in total. The highest BCUT2D eigenvalue weighted by atomic mass is 32.2. The minimum atomic E-state index is 0.0436. The average Bonchev–Trinajstić information content (AvgIpc) is 2.41. The number of hydrogen-bond donors (Lipinski definition) is 1. The van der Waals surface area contributed by atoms with E-state index in [9.17, 15) is 0 Å². The van der Waals surface area contributed by atoms with Gasteiger partial charge in [-0.2, -0.15) is 23.5 Å². The van der Waals surface area contributed by atoms with E-state index < -0.39 is 0 Å². The Morgan fingerprint density at radius 2 is 1.95 bits per heavy atom. The maximum Gasteiger partial charge on any atom is 0.126 e. The summed E-state index contributed by atoms with van der Waals surface area (Å²) in [4.78, 5) is 0. The molecule has 2 rings (SSSR count). The van der Waals surface area contributed by atoms with Crippen LogP contribution in [0.1, 0.15) is 29.7 Å². The van der Waals surface area contributed by atoms with Crippen LogP contribution >= 0.6 is 23.5 Å². The summed E-state index contributed by atoms with van der Waals surface area (Å²) >= 11 is 4.03. The molecule has 0 spiro atoms. The first-order valence-corrected chi connectivity index (χ1v) is 8.79. The smallest absolute Gasteiger partial charge is 0.126 e. The lowest BCUT2D eigenvalue weighted by Gasteiger charge is -2.33. The summed E-state index contributed by atoms with van der Waals surface area (Å²) in [5.74, 6) is 3.40. The molecule has 0 aliphatic carbocycles. The summed E-state index contributed by atoms with van der Waals surface area (Å²) in [6.45, 7) is 6.51. The Morgan fingerprint density at radius 1 is 1.26 bits per heavy atom. The third-order valence-electron chi connectivity index (χ3n) is 3.86. The number of thioether (sulfide) groups is 2. The van der Waals surface area contributed by atoms with Crippen molar-refractivity contribution >= 4 is 23.5 Å². The van der Waals surface area contributed by atoms with Gasteiger partial charge in [-0.3, -0.25) is 0 Å². The second kappa shape index (κ2) is 6.42. The highest BCUT2D eigenvalue weighted by Gasteiger charge is 2.31. The van der Waals surface area contributed by atoms with Gasteiger partial charge in [-0.25, -0.2) is 0 Å². The molecule has 2 nitrogen and oxygen atoms in total. The fourth-order valence-corrected chi connectivity index (χ4v) is 5.43. The molecular weight excluding hydrogens is 274 g/mol. The minimum Gasteiger partial charge on any atom is -0.496 e. The van der Waals surface area contributed by atoms with Crippen LogP contribution in [-0.4, -0.2) is 29.1 Å². The lowest BCUT2D eigenvalue weighted by Crippen LogP contribution is -2.34. The topological polar surface area (TPSA) is 35.2 Å². The molecular formula is C15H23NOS2. The molecule has 1 aromatic carbocycles. The Balaban J connectivity index is 2.32. The number of methoxy groups -OCH3 is 1. The molecule has 106 valence electrons. The number of rotatable bonds is 3. The Labute approximate surface area is 124 Å². The zero-order chi connectivity index (χ0) is 14.0. The quantitative estimate of drug-likeness (QED) is 0.925. The zero-order valence-electron chi connectivity index (χ0n) is 12.1. The lowest BCUT2D eigenvalue weighted by atomic mass is 9.96. The predicted molar refractivity (Wildman–Crippen MR) is 87.6 cm³/mol. The molecule has 0 bridgehead atoms. The minimum absolute atomic E-state index is 0.0436. The third-order valence-corrected chi connectivity index (χ3v) is 7.08. The van der Waals surface area contributed by atoms with Gasteiger partial charge in [0.05, 0.1) is 7.11 Å². The van der Waals surface area contributed by atoms with Crippen LogP contribution in [0, 0.1) is 13.8 Å². The van der Waals surface area contributed by atoms with Crippen molar-refractivity contribution in [3.63, 3.8) is 0 Å². The summed E-state index contributed by atoms with van der Waals surface area (Å²) in [5, 5.41) is 1.06. The number of nitrogens with two attached hydrogens (primary N) is 1. The zero-order valence-corrected chi connectivity index (χ0v) is 13.7. The van der Waals surface area contributed by atoms with Crippen LogP contribution in [0.2, 0.25) is 0 Å². The van der Waals surface area contributed by atoms with E-state index in [1.165, 1.54) is 22.6 Å². The van der Waals surface area contributed by atoms with Gasteiger partial charge in [-0.1, -0.05) is 19.1 Å². The van der Waals surface area contributed by atoms with Crippen LogP contribution in [0.25, 0.3) is 0 Å². The van der Waals surface area contributed by atoms with Gasteiger partial charge < -0.3 is 10.5 Å². The normalized spacial score (nSPS) is 25.1. The lowest BCUT2D eigenvalue weighted by molar-refractivity contribution is 0.401. The summed E-state index contributed by atoms with van der Waals surface area (Å²) < 4.78 is 5.61. The van der Waals surface area contributed by atoms with Crippen LogP contribution < -0.4 is 10.5 Å². The second-order valence-electron chi connectivity index (χ2n) is 5.07. The van der Waals surface area contributed by atoms with E-state index in [1.807, 2.05) is 23.5 Å². The maximum atomic E-state index is 6.54. The van der Waals surface area contributed by atoms with E-state index >= 15 is 0 Å². The number of aryl methyl sites for hydroxylation is 1. The van der Waals surface area contributed by atoms with Gasteiger partial charge in [0, 0.05) is 33.6 Å². The first-order chi connectivity index (χ1) is 9.06. The SMILES string of the molecule is COc1c(C(N)C2SCCSC2C)ccc(C)c1C. The Morgan fingerprint density at radius 3 is 2.58 bits per heavy atom. The molecule has 0 aromatic heterocycles. The molecule has 1 saturated heterocycles. The molecule has 0 saturated carbocycles. The summed E-state index contributed by atoms with van der Waals surface area (Å²) in [7, 11) is 1.74. The summed E-state index contributed by atoms with van der Waals surface area (Å²) in [5.41, 5.74) is 10.2. The molecule has 19 heavy (non-hydrogen) atoms. The molecule has 3 atom stereocenters. The van der Waals surface area contributed by atoms with Crippen LogP contribution in [0.4, 0.5) is 0 Å². The summed E-state index contributed by atoms with van der Waals surface area (Å²) in [6, 6.07) is 4.33. The molecule has 1 fully saturated rings. The van der Waals surface area contributed by atoms with Crippen molar-refractivity contribution in [3.05, 3.63) is 28.8 Å². The number of ether oxygens (including phenoxy) is 1. The van der Waals surface area contributed by atoms with Crippen molar-refractivity contribution < 1.29 is 4.74 Å². The largest absolute Gasteiger partial charge is 0.496 e. The van der Waals surface area contributed by atoms with Gasteiger partial charge in [0.15, 0.2) is 0 Å². The van der Waals surface area contributed by atoms with E-state index in [-0.39, 0.29) is 6.04 Å². The monoisotopic (exact) mass is 297 g/mol. The van der Waals surface area contributed by atoms with Gasteiger partial charge in [0.25, 0.3) is 0 Å². The van der Waals surface area contributed by atoms with Crippen LogP contribution in [0.15, 0.2) is 12.1 Å². The first-order valence-electron chi connectivity index (χ1n) is 6.69. The fourth-order valence-electron chi connectivity index (χ4n) is 2.57. The van der Waals surface area contributed by atoms with Crippen LogP contribution in [0.5, 0.6) is 5.75 Å². The van der Waals surface area contributed by atoms with Crippen molar-refractivity contribution in [2.75, 3.05) is 18.6 Å². The van der Waals surface area contributed by atoms with Crippen molar-refractivity contribution in [3.8, 4) is 5.75 Å². The molecule has 1 heterocycles. The predicted octanol–water partition coefficient (Wildman–Crippen LogP) is 3.55. The summed E-state index contributed by atoms with van der Waals surface area (Å²) in [6.07, 6.45) is 0. The van der Waals surface area contributed by atoms with Gasteiger partial charge in [0.1, 0.15) is 5.75 Å². The third kappa shape index (κ3) is 3.06. The molecule has 0 radical (unpaired) electrons. The van der Waals surface area contributed by atoms with Crippen molar-refractivity contribution in [1.29, 1.82) is 0 Å².